The summed E-state index contributed by atoms with van der Waals surface area (Å²) in [5.41, 5.74) is 5.40. The highest BCUT2D eigenvalue weighted by Crippen LogP contribution is 1.93. The molecule has 0 atom stereocenters. The van der Waals surface area contributed by atoms with E-state index in [1.807, 2.05) is 6.08 Å². The van der Waals surface area contributed by atoms with E-state index in [4.69, 9.17) is 10.8 Å². The van der Waals surface area contributed by atoms with Crippen LogP contribution in [0.5, 0.6) is 0 Å². The van der Waals surface area contributed by atoms with Crippen LogP contribution in [0, 0.1) is 0 Å². The van der Waals surface area contributed by atoms with E-state index < -0.39 is 0 Å². The second kappa shape index (κ2) is 8.71. The van der Waals surface area contributed by atoms with Crippen LogP contribution >= 0.6 is 0 Å². The van der Waals surface area contributed by atoms with Gasteiger partial charge in [0.1, 0.15) is 0 Å². The fourth-order valence-corrected chi connectivity index (χ4v) is 1.09. The highest BCUT2D eigenvalue weighted by Gasteiger charge is 2.00. The van der Waals surface area contributed by atoms with E-state index in [2.05, 4.69) is 11.5 Å². The number of hydrogen-bond acceptors (Lipinski definition) is 3. The Kier molecular flexibility index (Phi) is 8.44. The van der Waals surface area contributed by atoms with E-state index in [1.54, 1.807) is 0 Å². The Labute approximate surface area is 74.9 Å². The molecule has 0 aromatic carbocycles. The third-order valence-electron chi connectivity index (χ3n) is 1.70. The van der Waals surface area contributed by atoms with Crippen molar-refractivity contribution < 1.29 is 5.11 Å². The van der Waals surface area contributed by atoms with E-state index >= 15 is 0 Å². The van der Waals surface area contributed by atoms with Gasteiger partial charge in [0.05, 0.1) is 0 Å². The molecule has 0 heterocycles. The standard InChI is InChI=1S/C9H20N2O/c1-2-6-11(7-3-5-10)8-4-9-12/h2,12H,1,3-10H2. The van der Waals surface area contributed by atoms with Crippen LogP contribution in [0.3, 0.4) is 0 Å². The minimum atomic E-state index is 0.260. The molecule has 0 saturated heterocycles. The minimum absolute atomic E-state index is 0.260. The molecule has 12 heavy (non-hydrogen) atoms. The van der Waals surface area contributed by atoms with Crippen LogP contribution < -0.4 is 5.73 Å². The lowest BCUT2D eigenvalue weighted by atomic mass is 10.3. The fourth-order valence-electron chi connectivity index (χ4n) is 1.09. The molecule has 0 aliphatic rings. The Morgan fingerprint density at radius 3 is 2.50 bits per heavy atom. The molecule has 3 nitrogen and oxygen atoms in total. The van der Waals surface area contributed by atoms with Gasteiger partial charge in [-0.25, -0.2) is 0 Å². The monoisotopic (exact) mass is 172 g/mol. The summed E-state index contributed by atoms with van der Waals surface area (Å²) in [4.78, 5) is 2.25. The number of rotatable bonds is 8. The molecule has 3 heteroatoms. The molecule has 0 spiro atoms. The van der Waals surface area contributed by atoms with Gasteiger partial charge >= 0.3 is 0 Å². The van der Waals surface area contributed by atoms with Crippen LogP contribution in [0.15, 0.2) is 12.7 Å². The first-order valence-corrected chi connectivity index (χ1v) is 4.49. The van der Waals surface area contributed by atoms with Crippen molar-refractivity contribution in [3.05, 3.63) is 12.7 Å². The molecule has 0 amide bonds. The SMILES string of the molecule is C=CCN(CCCN)CCCO. The zero-order chi connectivity index (χ0) is 9.23. The second-order valence-electron chi connectivity index (χ2n) is 2.81. The number of nitrogens with zero attached hydrogens (tertiary/aromatic N) is 1. The molecule has 0 aromatic rings. The maximum absolute atomic E-state index is 8.63. The summed E-state index contributed by atoms with van der Waals surface area (Å²) in [5, 5.41) is 8.63. The molecule has 0 radical (unpaired) electrons. The van der Waals surface area contributed by atoms with Gasteiger partial charge in [0.25, 0.3) is 0 Å². The molecule has 0 bridgehead atoms. The summed E-state index contributed by atoms with van der Waals surface area (Å²) in [6.45, 7) is 7.49. The van der Waals surface area contributed by atoms with Gasteiger partial charge in [-0.05, 0) is 25.9 Å². The predicted molar refractivity (Wildman–Crippen MR) is 52.0 cm³/mol. The lowest BCUT2D eigenvalue weighted by Gasteiger charge is -2.19. The second-order valence-corrected chi connectivity index (χ2v) is 2.81. The minimum Gasteiger partial charge on any atom is -0.396 e. The van der Waals surface area contributed by atoms with Crippen LogP contribution in [0.1, 0.15) is 12.8 Å². The summed E-state index contributed by atoms with van der Waals surface area (Å²) in [7, 11) is 0. The van der Waals surface area contributed by atoms with E-state index in [1.165, 1.54) is 0 Å². The molecule has 0 saturated carbocycles. The predicted octanol–water partition coefficient (Wildman–Crippen LogP) is 0.206. The van der Waals surface area contributed by atoms with Gasteiger partial charge in [0.2, 0.25) is 0 Å². The number of hydrogen-bond donors (Lipinski definition) is 2. The fraction of sp³-hybridized carbons (Fsp3) is 0.778. The molecule has 0 fully saturated rings. The zero-order valence-electron chi connectivity index (χ0n) is 7.71. The summed E-state index contributed by atoms with van der Waals surface area (Å²) in [6.07, 6.45) is 3.73. The maximum atomic E-state index is 8.63. The largest absolute Gasteiger partial charge is 0.396 e. The van der Waals surface area contributed by atoms with Crippen molar-refractivity contribution in [2.45, 2.75) is 12.8 Å². The van der Waals surface area contributed by atoms with Crippen molar-refractivity contribution in [3.8, 4) is 0 Å². The van der Waals surface area contributed by atoms with Gasteiger partial charge in [-0.1, -0.05) is 6.08 Å². The molecule has 0 aromatic heterocycles. The van der Waals surface area contributed by atoms with Crippen molar-refractivity contribution >= 4 is 0 Å². The maximum Gasteiger partial charge on any atom is 0.0443 e. The molecule has 3 N–H and O–H groups in total. The van der Waals surface area contributed by atoms with Gasteiger partial charge in [-0.15, -0.1) is 6.58 Å². The highest BCUT2D eigenvalue weighted by atomic mass is 16.3. The van der Waals surface area contributed by atoms with Gasteiger partial charge in [0, 0.05) is 19.7 Å². The summed E-state index contributed by atoms with van der Waals surface area (Å²) >= 11 is 0. The number of aliphatic hydroxyl groups is 1. The highest BCUT2D eigenvalue weighted by molar-refractivity contribution is 4.73. The Hall–Kier alpha value is -0.380. The number of aliphatic hydroxyl groups excluding tert-OH is 1. The van der Waals surface area contributed by atoms with Crippen molar-refractivity contribution in [3.63, 3.8) is 0 Å². The quantitative estimate of drug-likeness (QED) is 0.514. The van der Waals surface area contributed by atoms with Crippen molar-refractivity contribution in [1.29, 1.82) is 0 Å². The number of nitrogens with two attached hydrogens (primary N) is 1. The van der Waals surface area contributed by atoms with E-state index in [-0.39, 0.29) is 6.61 Å². The van der Waals surface area contributed by atoms with Gasteiger partial charge in [-0.2, -0.15) is 0 Å². The van der Waals surface area contributed by atoms with Crippen LogP contribution in [0.4, 0.5) is 0 Å². The Bertz CT molecular complexity index is 98.7. The molecule has 0 aliphatic carbocycles. The van der Waals surface area contributed by atoms with Crippen LogP contribution in [-0.4, -0.2) is 42.8 Å². The first-order valence-electron chi connectivity index (χ1n) is 4.49. The zero-order valence-corrected chi connectivity index (χ0v) is 7.71. The molecular formula is C9H20N2O. The normalized spacial score (nSPS) is 10.6. The molecule has 0 aliphatic heterocycles. The van der Waals surface area contributed by atoms with Gasteiger partial charge in [-0.3, -0.25) is 4.90 Å². The summed E-state index contributed by atoms with van der Waals surface area (Å²) in [5.74, 6) is 0. The lowest BCUT2D eigenvalue weighted by Crippen LogP contribution is -2.28. The van der Waals surface area contributed by atoms with Crippen LogP contribution in [0.25, 0.3) is 0 Å². The van der Waals surface area contributed by atoms with Crippen molar-refractivity contribution in [2.24, 2.45) is 5.73 Å². The third kappa shape index (κ3) is 6.34. The van der Waals surface area contributed by atoms with Crippen LogP contribution in [-0.2, 0) is 0 Å². The van der Waals surface area contributed by atoms with Gasteiger partial charge in [0.15, 0.2) is 0 Å². The molecule has 72 valence electrons. The lowest BCUT2D eigenvalue weighted by molar-refractivity contribution is 0.235. The molecular weight excluding hydrogens is 152 g/mol. The Morgan fingerprint density at radius 2 is 2.00 bits per heavy atom. The Morgan fingerprint density at radius 1 is 1.33 bits per heavy atom. The molecule has 0 rings (SSSR count). The molecule has 0 unspecified atom stereocenters. The first-order chi connectivity index (χ1) is 5.85. The van der Waals surface area contributed by atoms with Crippen molar-refractivity contribution in [1.82, 2.24) is 4.90 Å². The summed E-state index contributed by atoms with van der Waals surface area (Å²) in [6, 6.07) is 0. The van der Waals surface area contributed by atoms with Crippen LogP contribution in [0.2, 0.25) is 0 Å². The smallest absolute Gasteiger partial charge is 0.0443 e. The van der Waals surface area contributed by atoms with Gasteiger partial charge < -0.3 is 10.8 Å². The average molecular weight is 172 g/mol. The van der Waals surface area contributed by atoms with E-state index in [0.717, 1.165) is 39.0 Å². The van der Waals surface area contributed by atoms with E-state index in [9.17, 15) is 0 Å². The topological polar surface area (TPSA) is 49.5 Å². The average Bonchev–Trinajstić information content (AvgIpc) is 2.10. The van der Waals surface area contributed by atoms with E-state index in [0.29, 0.717) is 0 Å². The van der Waals surface area contributed by atoms with Crippen molar-refractivity contribution in [2.75, 3.05) is 32.8 Å². The third-order valence-corrected chi connectivity index (χ3v) is 1.70. The first kappa shape index (κ1) is 11.6. The Balaban J connectivity index is 3.46. The summed E-state index contributed by atoms with van der Waals surface area (Å²) < 4.78 is 0.